The number of aliphatic hydroxyl groups excluding tert-OH is 1. The number of nitrogens with one attached hydrogen (secondary N) is 1. The molecule has 20 heavy (non-hydrogen) atoms. The van der Waals surface area contributed by atoms with Crippen molar-refractivity contribution in [3.63, 3.8) is 0 Å². The van der Waals surface area contributed by atoms with E-state index < -0.39 is 0 Å². The Morgan fingerprint density at radius 1 is 1.00 bits per heavy atom. The summed E-state index contributed by atoms with van der Waals surface area (Å²) < 4.78 is 5.20. The fraction of sp³-hybridized carbons (Fsp3) is 0.294. The van der Waals surface area contributed by atoms with E-state index in [1.807, 2.05) is 30.3 Å². The second-order valence-electron chi connectivity index (χ2n) is 4.65. The van der Waals surface area contributed by atoms with Crippen molar-refractivity contribution in [3.05, 3.63) is 65.7 Å². The zero-order valence-electron chi connectivity index (χ0n) is 11.8. The van der Waals surface area contributed by atoms with Gasteiger partial charge in [-0.15, -0.1) is 0 Å². The van der Waals surface area contributed by atoms with E-state index >= 15 is 0 Å². The number of aliphatic hydroxyl groups is 1. The Bertz CT molecular complexity index is 496. The van der Waals surface area contributed by atoms with Gasteiger partial charge in [0, 0.05) is 6.61 Å². The van der Waals surface area contributed by atoms with Crippen molar-refractivity contribution in [2.24, 2.45) is 0 Å². The van der Waals surface area contributed by atoms with Crippen molar-refractivity contribution >= 4 is 0 Å². The van der Waals surface area contributed by atoms with Crippen LogP contribution >= 0.6 is 0 Å². The van der Waals surface area contributed by atoms with Crippen molar-refractivity contribution in [2.45, 2.75) is 12.5 Å². The maximum Gasteiger partial charge on any atom is 0.118 e. The van der Waals surface area contributed by atoms with Gasteiger partial charge in [-0.2, -0.15) is 0 Å². The molecule has 0 fully saturated rings. The minimum Gasteiger partial charge on any atom is -0.497 e. The van der Waals surface area contributed by atoms with Gasteiger partial charge in [0.1, 0.15) is 5.75 Å². The molecular formula is C17H21NO2. The van der Waals surface area contributed by atoms with Crippen LogP contribution in [0.5, 0.6) is 5.75 Å². The molecule has 0 amide bonds. The number of methoxy groups -OCH3 is 1. The highest BCUT2D eigenvalue weighted by atomic mass is 16.5. The largest absolute Gasteiger partial charge is 0.497 e. The lowest BCUT2D eigenvalue weighted by Gasteiger charge is -2.20. The average molecular weight is 271 g/mol. The first-order valence-electron chi connectivity index (χ1n) is 6.88. The molecule has 0 saturated heterocycles. The summed E-state index contributed by atoms with van der Waals surface area (Å²) in [5.74, 6) is 0.857. The van der Waals surface area contributed by atoms with Crippen LogP contribution in [-0.2, 0) is 0 Å². The van der Waals surface area contributed by atoms with Gasteiger partial charge in [0.05, 0.1) is 13.2 Å². The Morgan fingerprint density at radius 3 is 2.25 bits per heavy atom. The Kier molecular flexibility index (Phi) is 5.59. The summed E-state index contributed by atoms with van der Waals surface area (Å²) in [6.07, 6.45) is 0.749. The summed E-state index contributed by atoms with van der Waals surface area (Å²) in [5.41, 5.74) is 2.41. The van der Waals surface area contributed by atoms with Crippen LogP contribution in [0.3, 0.4) is 0 Å². The van der Waals surface area contributed by atoms with E-state index in [9.17, 15) is 0 Å². The molecule has 2 rings (SSSR count). The van der Waals surface area contributed by atoms with E-state index in [2.05, 4.69) is 29.6 Å². The van der Waals surface area contributed by atoms with Crippen LogP contribution in [0.1, 0.15) is 23.6 Å². The molecule has 0 heterocycles. The zero-order chi connectivity index (χ0) is 14.2. The van der Waals surface area contributed by atoms with Gasteiger partial charge in [0.25, 0.3) is 0 Å². The lowest BCUT2D eigenvalue weighted by atomic mass is 9.98. The fourth-order valence-electron chi connectivity index (χ4n) is 2.20. The Balaban J connectivity index is 2.20. The highest BCUT2D eigenvalue weighted by molar-refractivity contribution is 5.35. The van der Waals surface area contributed by atoms with Crippen LogP contribution in [0.4, 0.5) is 0 Å². The number of hydrogen-bond acceptors (Lipinski definition) is 3. The van der Waals surface area contributed by atoms with Crippen LogP contribution < -0.4 is 10.1 Å². The molecule has 0 aliphatic heterocycles. The van der Waals surface area contributed by atoms with Crippen molar-refractivity contribution in [1.29, 1.82) is 0 Å². The molecule has 2 aromatic carbocycles. The molecule has 1 atom stereocenters. The van der Waals surface area contributed by atoms with Crippen LogP contribution in [0, 0.1) is 0 Å². The fourth-order valence-corrected chi connectivity index (χ4v) is 2.20. The third-order valence-corrected chi connectivity index (χ3v) is 3.27. The first-order chi connectivity index (χ1) is 9.85. The van der Waals surface area contributed by atoms with Gasteiger partial charge in [-0.05, 0) is 36.2 Å². The molecule has 2 N–H and O–H groups in total. The predicted molar refractivity (Wildman–Crippen MR) is 81.0 cm³/mol. The Morgan fingerprint density at radius 2 is 1.65 bits per heavy atom. The molecular weight excluding hydrogens is 250 g/mol. The number of ether oxygens (including phenoxy) is 1. The third kappa shape index (κ3) is 3.83. The molecule has 2 aromatic rings. The summed E-state index contributed by atoms with van der Waals surface area (Å²) >= 11 is 0. The minimum atomic E-state index is 0.133. The second kappa shape index (κ2) is 7.68. The summed E-state index contributed by atoms with van der Waals surface area (Å²) in [4.78, 5) is 0. The number of rotatable bonds is 7. The minimum absolute atomic E-state index is 0.133. The molecule has 0 aromatic heterocycles. The SMILES string of the molecule is COc1ccc(C(NCCCO)c2ccccc2)cc1. The molecule has 106 valence electrons. The molecule has 0 radical (unpaired) electrons. The Labute approximate surface area is 120 Å². The third-order valence-electron chi connectivity index (χ3n) is 3.27. The van der Waals surface area contributed by atoms with Crippen LogP contribution in [0.25, 0.3) is 0 Å². The summed E-state index contributed by atoms with van der Waals surface area (Å²) in [7, 11) is 1.67. The van der Waals surface area contributed by atoms with Crippen molar-refractivity contribution in [1.82, 2.24) is 5.32 Å². The predicted octanol–water partition coefficient (Wildman–Crippen LogP) is 2.76. The zero-order valence-corrected chi connectivity index (χ0v) is 11.8. The normalized spacial score (nSPS) is 12.1. The van der Waals surface area contributed by atoms with Crippen molar-refractivity contribution in [2.75, 3.05) is 20.3 Å². The average Bonchev–Trinajstić information content (AvgIpc) is 2.53. The molecule has 1 unspecified atom stereocenters. The van der Waals surface area contributed by atoms with Gasteiger partial charge in [-0.25, -0.2) is 0 Å². The van der Waals surface area contributed by atoms with Crippen molar-refractivity contribution in [3.8, 4) is 5.75 Å². The molecule has 0 spiro atoms. The van der Waals surface area contributed by atoms with Gasteiger partial charge in [-0.1, -0.05) is 42.5 Å². The topological polar surface area (TPSA) is 41.5 Å². The first-order valence-corrected chi connectivity index (χ1v) is 6.88. The lowest BCUT2D eigenvalue weighted by molar-refractivity contribution is 0.284. The maximum absolute atomic E-state index is 8.93. The maximum atomic E-state index is 8.93. The molecule has 3 heteroatoms. The quantitative estimate of drug-likeness (QED) is 0.761. The molecule has 0 saturated carbocycles. The van der Waals surface area contributed by atoms with Gasteiger partial charge in [0.2, 0.25) is 0 Å². The molecule has 3 nitrogen and oxygen atoms in total. The number of benzene rings is 2. The summed E-state index contributed by atoms with van der Waals surface area (Å²) in [6, 6.07) is 18.5. The van der Waals surface area contributed by atoms with E-state index in [1.165, 1.54) is 11.1 Å². The van der Waals surface area contributed by atoms with Gasteiger partial charge in [0.15, 0.2) is 0 Å². The van der Waals surface area contributed by atoms with Crippen molar-refractivity contribution < 1.29 is 9.84 Å². The standard InChI is InChI=1S/C17H21NO2/c1-20-16-10-8-15(9-11-16)17(18-12-5-13-19)14-6-3-2-4-7-14/h2-4,6-11,17-19H,5,12-13H2,1H3. The van der Waals surface area contributed by atoms with E-state index in [1.54, 1.807) is 7.11 Å². The second-order valence-corrected chi connectivity index (χ2v) is 4.65. The lowest BCUT2D eigenvalue weighted by Crippen LogP contribution is -2.24. The van der Waals surface area contributed by atoms with E-state index in [0.29, 0.717) is 0 Å². The molecule has 0 aliphatic rings. The van der Waals surface area contributed by atoms with E-state index in [0.717, 1.165) is 18.7 Å². The Hall–Kier alpha value is -1.84. The summed E-state index contributed by atoms with van der Waals surface area (Å²) in [6.45, 7) is 0.985. The molecule has 0 bridgehead atoms. The smallest absolute Gasteiger partial charge is 0.118 e. The molecule has 0 aliphatic carbocycles. The monoisotopic (exact) mass is 271 g/mol. The van der Waals surface area contributed by atoms with Crippen LogP contribution in [-0.4, -0.2) is 25.4 Å². The highest BCUT2D eigenvalue weighted by Crippen LogP contribution is 2.23. The van der Waals surface area contributed by atoms with E-state index in [-0.39, 0.29) is 12.6 Å². The first kappa shape index (κ1) is 14.6. The van der Waals surface area contributed by atoms with Crippen LogP contribution in [0.15, 0.2) is 54.6 Å². The van der Waals surface area contributed by atoms with Gasteiger partial charge in [-0.3, -0.25) is 0 Å². The van der Waals surface area contributed by atoms with Crippen LogP contribution in [0.2, 0.25) is 0 Å². The van der Waals surface area contributed by atoms with Gasteiger partial charge < -0.3 is 15.2 Å². The van der Waals surface area contributed by atoms with E-state index in [4.69, 9.17) is 9.84 Å². The summed E-state index contributed by atoms with van der Waals surface area (Å²) in [5, 5.41) is 12.4. The number of hydrogen-bond donors (Lipinski definition) is 2. The van der Waals surface area contributed by atoms with Gasteiger partial charge >= 0.3 is 0 Å². The highest BCUT2D eigenvalue weighted by Gasteiger charge is 2.12.